The minimum absolute atomic E-state index is 0.0202. The molecule has 0 spiro atoms. The number of hydrogen-bond donors (Lipinski definition) is 18. The average Bonchev–Trinajstić information content (AvgIpc) is 1.10. The summed E-state index contributed by atoms with van der Waals surface area (Å²) < 4.78 is 0. The third kappa shape index (κ3) is 24.5. The molecule has 0 bridgehead atoms. The Morgan fingerprint density at radius 1 is 0.505 bits per heavy atom. The van der Waals surface area contributed by atoms with E-state index in [9.17, 15) is 87.9 Å². The number of nitrogens with two attached hydrogens (primary N) is 2. The number of aliphatic hydroxyl groups is 3. The number of aryl methyl sites for hydroxylation is 1. The van der Waals surface area contributed by atoms with Crippen LogP contribution in [0.5, 0.6) is 0 Å². The van der Waals surface area contributed by atoms with E-state index in [1.54, 1.807) is 54.6 Å². The second-order valence-corrected chi connectivity index (χ2v) is 25.8. The Labute approximate surface area is 604 Å². The van der Waals surface area contributed by atoms with Crippen LogP contribution in [0.1, 0.15) is 82.3 Å². The molecule has 6 aromatic rings. The van der Waals surface area contributed by atoms with Crippen molar-refractivity contribution in [1.29, 1.82) is 0 Å². The van der Waals surface area contributed by atoms with E-state index in [0.717, 1.165) is 48.1 Å². The molecule has 12 atom stereocenters. The summed E-state index contributed by atoms with van der Waals surface area (Å²) in [6, 6.07) is 25.4. The van der Waals surface area contributed by atoms with E-state index in [0.29, 0.717) is 22.4 Å². The number of carbonyl (C=O) groups excluding carboxylic acids is 11. The highest BCUT2D eigenvalue weighted by Crippen LogP contribution is 2.26. The number of rotatable bonds is 39. The van der Waals surface area contributed by atoms with Crippen LogP contribution < -0.4 is 64.6 Å². The lowest BCUT2D eigenvalue weighted by Crippen LogP contribution is -2.67. The number of aromatic amines is 1. The fourth-order valence-corrected chi connectivity index (χ4v) is 11.1. The highest BCUT2D eigenvalue weighted by molar-refractivity contribution is 6.01. The first-order valence-electron chi connectivity index (χ1n) is 33.6. The molecule has 0 radical (unpaired) electrons. The number of imidazole rings is 1. The monoisotopic (exact) mass is 1450 g/mol. The molecule has 6 rings (SSSR count). The van der Waals surface area contributed by atoms with Crippen LogP contribution in [0.4, 0.5) is 0 Å². The van der Waals surface area contributed by atoms with Crippen LogP contribution in [-0.4, -0.2) is 197 Å². The van der Waals surface area contributed by atoms with E-state index in [1.807, 2.05) is 85.8 Å². The molecule has 20 N–H and O–H groups in total. The zero-order valence-corrected chi connectivity index (χ0v) is 58.6. The first-order valence-corrected chi connectivity index (χ1v) is 33.6. The number of nitrogens with one attached hydrogen (secondary N) is 11. The van der Waals surface area contributed by atoms with E-state index >= 15 is 0 Å². The van der Waals surface area contributed by atoms with Gasteiger partial charge in [-0.25, -0.2) is 4.98 Å². The van der Waals surface area contributed by atoms with Gasteiger partial charge in [-0.2, -0.15) is 0 Å². The molecular weight excluding hydrogens is 1360 g/mol. The molecule has 0 aliphatic carbocycles. The minimum Gasteiger partial charge on any atom is -0.481 e. The maximum atomic E-state index is 14.7. The molecule has 0 saturated carbocycles. The van der Waals surface area contributed by atoms with Crippen LogP contribution >= 0.6 is 0 Å². The van der Waals surface area contributed by atoms with Crippen LogP contribution in [-0.2, 0) is 94.4 Å². The fraction of sp³-hybridized carbons (Fsp3) is 0.370. The lowest BCUT2D eigenvalue weighted by Gasteiger charge is -2.34. The molecule has 11 amide bonds. The molecule has 560 valence electrons. The van der Waals surface area contributed by atoms with Crippen molar-refractivity contribution in [2.75, 3.05) is 13.2 Å². The summed E-state index contributed by atoms with van der Waals surface area (Å²) in [7, 11) is 0. The lowest BCUT2D eigenvalue weighted by atomic mass is 9.90. The van der Waals surface area contributed by atoms with Crippen molar-refractivity contribution in [3.05, 3.63) is 174 Å². The number of amides is 11. The Bertz CT molecular complexity index is 4030. The number of carbonyl (C=O) groups is 13. The summed E-state index contributed by atoms with van der Waals surface area (Å²) in [6.07, 6.45) is -2.94. The molecule has 32 nitrogen and oxygen atoms in total. The zero-order valence-electron chi connectivity index (χ0n) is 58.6. The Balaban J connectivity index is 1.15. The number of primary amides is 1. The van der Waals surface area contributed by atoms with Crippen LogP contribution in [0.2, 0.25) is 0 Å². The third-order valence-corrected chi connectivity index (χ3v) is 17.1. The van der Waals surface area contributed by atoms with Crippen LogP contribution in [0.15, 0.2) is 146 Å². The van der Waals surface area contributed by atoms with Crippen LogP contribution in [0.25, 0.3) is 22.3 Å². The summed E-state index contributed by atoms with van der Waals surface area (Å²) in [4.78, 5) is 183. The summed E-state index contributed by atoms with van der Waals surface area (Å²) in [5.74, 6) is -15.6. The van der Waals surface area contributed by atoms with Gasteiger partial charge < -0.3 is 95.2 Å². The Kier molecular flexibility index (Phi) is 30.2. The maximum Gasteiger partial charge on any atom is 0.305 e. The standard InChI is InChI=1S/C73H90N14O18/c1-7-46-18-14-15-21-51(46)49-28-22-43(23-29-49)30-53(67(101)86-72(5,70(75)104)34-45-24-26-48(27-25-45)47-19-12-9-13-20-47)81-65(99)55(33-59(94)95)82-66(100)56(38-88)83-68(102)60(41(3)89)85-71(105)73(6,35-44-16-10-8-11-17-44)87-69(103)61(42(4)90)84-57(91)37-77-64(98)54(32-58(92)93)80-62(96)40(2)79-63(97)52(74)31-50-36-76-39-78-50/h8-29,36,39-42,52-56,60-61,88-90H,7,30-35,37-38,74H2,1-6H3,(H2,75,104)(H,76,78)(H,77,98)(H,79,97)(H,80,96)(H,81,99)(H,82,100)(H,83,102)(H,84,91)(H,85,105)(H,86,101)(H,87,103)(H,92,93)(H,94,95)/t40-,41-,42-,52+,53+,54+,55+,56+,60+,61+,72?,73+/m1/s1. The molecule has 32 heteroatoms. The molecule has 0 aliphatic rings. The molecule has 1 unspecified atom stereocenters. The van der Waals surface area contributed by atoms with Gasteiger partial charge in [-0.15, -0.1) is 0 Å². The molecule has 1 aromatic heterocycles. The number of carboxylic acids is 2. The maximum absolute atomic E-state index is 14.7. The van der Waals surface area contributed by atoms with Crippen molar-refractivity contribution in [3.63, 3.8) is 0 Å². The summed E-state index contributed by atoms with van der Waals surface area (Å²) in [5, 5.41) is 75.4. The van der Waals surface area contributed by atoms with Gasteiger partial charge >= 0.3 is 11.9 Å². The molecule has 105 heavy (non-hydrogen) atoms. The number of H-pyrrole nitrogens is 1. The topological polar surface area (TPSA) is 524 Å². The number of aliphatic carboxylic acids is 2. The smallest absolute Gasteiger partial charge is 0.305 e. The Morgan fingerprint density at radius 2 is 1.00 bits per heavy atom. The number of hydrogen-bond acceptors (Lipinski definition) is 18. The van der Waals surface area contributed by atoms with Gasteiger partial charge in [0, 0.05) is 37.6 Å². The predicted octanol–water partition coefficient (Wildman–Crippen LogP) is -1.63. The van der Waals surface area contributed by atoms with E-state index in [1.165, 1.54) is 33.3 Å². The minimum atomic E-state index is -2.18. The SMILES string of the molecule is CCc1ccccc1-c1ccc(C[C@H](NC(=O)[C@H](CC(=O)O)NC(=O)[C@H](CO)NC(=O)[C@@H](NC(=O)[C@](C)(Cc2ccccc2)NC(=O)[C@@H](NC(=O)CNC(=O)[C@H](CC(=O)O)NC(=O)[C@@H](C)NC(=O)[C@@H](N)Cc2cnc[nH]2)[C@@H](C)O)[C@@H](C)O)C(=O)NC(C)(Cc2ccc(-c3ccccc3)cc2)C(N)=O)cc1. The van der Waals surface area contributed by atoms with Gasteiger partial charge in [-0.05, 0) is 85.5 Å². The normalized spacial score (nSPS) is 15.1. The first-order chi connectivity index (χ1) is 49.7. The van der Waals surface area contributed by atoms with Gasteiger partial charge in [-0.3, -0.25) is 62.3 Å². The average molecular weight is 1450 g/mol. The first kappa shape index (κ1) is 82.2. The lowest BCUT2D eigenvalue weighted by molar-refractivity contribution is -0.142. The molecule has 0 aliphatic heterocycles. The number of aromatic nitrogens is 2. The molecule has 0 fully saturated rings. The van der Waals surface area contributed by atoms with Crippen molar-refractivity contribution in [2.45, 2.75) is 158 Å². The van der Waals surface area contributed by atoms with Gasteiger partial charge in [0.25, 0.3) is 0 Å². The van der Waals surface area contributed by atoms with Crippen molar-refractivity contribution in [1.82, 2.24) is 63.1 Å². The van der Waals surface area contributed by atoms with Gasteiger partial charge in [0.1, 0.15) is 53.4 Å². The second kappa shape index (κ2) is 38.5. The zero-order chi connectivity index (χ0) is 77.3. The third-order valence-electron chi connectivity index (χ3n) is 17.1. The van der Waals surface area contributed by atoms with Crippen LogP contribution in [0.3, 0.4) is 0 Å². The van der Waals surface area contributed by atoms with E-state index in [4.69, 9.17) is 11.5 Å². The number of nitrogens with zero attached hydrogens (tertiary/aromatic N) is 1. The summed E-state index contributed by atoms with van der Waals surface area (Å²) in [5.41, 5.74) is 14.6. The van der Waals surface area contributed by atoms with Gasteiger partial charge in [-0.1, -0.05) is 140 Å². The molecule has 0 saturated heterocycles. The second-order valence-electron chi connectivity index (χ2n) is 25.8. The van der Waals surface area contributed by atoms with Crippen molar-refractivity contribution >= 4 is 76.9 Å². The van der Waals surface area contributed by atoms with Gasteiger partial charge in [0.05, 0.1) is 50.6 Å². The Morgan fingerprint density at radius 3 is 1.57 bits per heavy atom. The summed E-state index contributed by atoms with van der Waals surface area (Å²) >= 11 is 0. The number of aliphatic hydroxyl groups excluding tert-OH is 3. The molecular formula is C73H90N14O18. The van der Waals surface area contributed by atoms with Gasteiger partial charge in [0.2, 0.25) is 65.0 Å². The van der Waals surface area contributed by atoms with E-state index in [-0.39, 0.29) is 25.7 Å². The summed E-state index contributed by atoms with van der Waals surface area (Å²) in [6.45, 7) is 5.73. The predicted molar refractivity (Wildman–Crippen MR) is 380 cm³/mol. The number of benzene rings is 5. The highest BCUT2D eigenvalue weighted by atomic mass is 16.4. The van der Waals surface area contributed by atoms with Crippen molar-refractivity contribution in [2.24, 2.45) is 11.5 Å². The largest absolute Gasteiger partial charge is 0.481 e. The van der Waals surface area contributed by atoms with E-state index in [2.05, 4.69) is 63.1 Å². The number of carboxylic acid groups (broad SMARTS) is 2. The fourth-order valence-electron chi connectivity index (χ4n) is 11.1. The molecule has 5 aromatic carbocycles. The van der Waals surface area contributed by atoms with Crippen molar-refractivity contribution in [3.8, 4) is 22.3 Å². The highest BCUT2D eigenvalue weighted by Gasteiger charge is 2.43. The quantitative estimate of drug-likeness (QED) is 0.0206. The Hall–Kier alpha value is -11.7. The van der Waals surface area contributed by atoms with Crippen molar-refractivity contribution < 1.29 is 87.9 Å². The van der Waals surface area contributed by atoms with E-state index < -0.39 is 175 Å². The van der Waals surface area contributed by atoms with Gasteiger partial charge in [0.15, 0.2) is 0 Å². The van der Waals surface area contributed by atoms with Crippen LogP contribution in [0, 0.1) is 0 Å². The molecule has 1 heterocycles.